The molecule has 0 aliphatic carbocycles. The summed E-state index contributed by atoms with van der Waals surface area (Å²) >= 11 is 0. The molecule has 1 amide bonds. The predicted molar refractivity (Wildman–Crippen MR) is 66.3 cm³/mol. The standard InChI is InChI=1S/C13H14N2O3/c1-9(16)18-12-5-2-10(3-6-12)8-11-4-7-13(17)15-14-11/h2-3,5-6H,4,7-8H2,1H3,(H,15,17). The lowest BCUT2D eigenvalue weighted by molar-refractivity contribution is -0.131. The Labute approximate surface area is 105 Å². The van der Waals surface area contributed by atoms with Gasteiger partial charge in [-0.05, 0) is 24.1 Å². The molecular weight excluding hydrogens is 232 g/mol. The van der Waals surface area contributed by atoms with Crippen molar-refractivity contribution < 1.29 is 14.3 Å². The van der Waals surface area contributed by atoms with Crippen molar-refractivity contribution in [2.45, 2.75) is 26.2 Å². The third kappa shape index (κ3) is 3.41. The Bertz CT molecular complexity index is 491. The van der Waals surface area contributed by atoms with Crippen molar-refractivity contribution in [3.05, 3.63) is 29.8 Å². The summed E-state index contributed by atoms with van der Waals surface area (Å²) in [6.07, 6.45) is 1.88. The molecule has 1 aromatic carbocycles. The van der Waals surface area contributed by atoms with Crippen LogP contribution in [0.2, 0.25) is 0 Å². The number of nitrogens with zero attached hydrogens (tertiary/aromatic N) is 1. The highest BCUT2D eigenvalue weighted by molar-refractivity contribution is 5.93. The molecular formula is C13H14N2O3. The number of benzene rings is 1. The molecule has 1 heterocycles. The first-order valence-electron chi connectivity index (χ1n) is 5.75. The van der Waals surface area contributed by atoms with E-state index in [4.69, 9.17) is 4.74 Å². The summed E-state index contributed by atoms with van der Waals surface area (Å²) in [5, 5.41) is 4.01. The quantitative estimate of drug-likeness (QED) is 0.648. The normalized spacial score (nSPS) is 14.7. The zero-order chi connectivity index (χ0) is 13.0. The lowest BCUT2D eigenvalue weighted by Gasteiger charge is -2.12. The van der Waals surface area contributed by atoms with Crippen LogP contribution in [-0.2, 0) is 16.0 Å². The maximum atomic E-state index is 10.9. The van der Waals surface area contributed by atoms with Crippen LogP contribution in [-0.4, -0.2) is 17.6 Å². The summed E-state index contributed by atoms with van der Waals surface area (Å²) in [4.78, 5) is 21.7. The fourth-order valence-electron chi connectivity index (χ4n) is 1.72. The minimum absolute atomic E-state index is 0.0380. The Kier molecular flexibility index (Phi) is 3.72. The summed E-state index contributed by atoms with van der Waals surface area (Å²) < 4.78 is 4.95. The first-order chi connectivity index (χ1) is 8.63. The third-order valence-electron chi connectivity index (χ3n) is 2.57. The SMILES string of the molecule is CC(=O)Oc1ccc(CC2=NNC(=O)CC2)cc1. The maximum Gasteiger partial charge on any atom is 0.308 e. The zero-order valence-electron chi connectivity index (χ0n) is 10.1. The van der Waals surface area contributed by atoms with Gasteiger partial charge in [0.05, 0.1) is 0 Å². The molecule has 1 aromatic rings. The number of esters is 1. The number of hydrogen-bond donors (Lipinski definition) is 1. The average molecular weight is 246 g/mol. The van der Waals surface area contributed by atoms with Gasteiger partial charge in [0.1, 0.15) is 5.75 Å². The number of ether oxygens (including phenoxy) is 1. The molecule has 1 aliphatic rings. The highest BCUT2D eigenvalue weighted by Crippen LogP contribution is 2.14. The van der Waals surface area contributed by atoms with Gasteiger partial charge < -0.3 is 4.74 Å². The largest absolute Gasteiger partial charge is 0.427 e. The van der Waals surface area contributed by atoms with Gasteiger partial charge >= 0.3 is 5.97 Å². The molecule has 0 fully saturated rings. The summed E-state index contributed by atoms with van der Waals surface area (Å²) in [7, 11) is 0. The van der Waals surface area contributed by atoms with Crippen molar-refractivity contribution in [2.75, 3.05) is 0 Å². The topological polar surface area (TPSA) is 67.8 Å². The third-order valence-corrected chi connectivity index (χ3v) is 2.57. The number of carbonyl (C=O) groups is 2. The van der Waals surface area contributed by atoms with Crippen molar-refractivity contribution in [1.29, 1.82) is 0 Å². The van der Waals surface area contributed by atoms with Crippen LogP contribution in [0.25, 0.3) is 0 Å². The summed E-state index contributed by atoms with van der Waals surface area (Å²) in [5.41, 5.74) is 4.49. The first kappa shape index (κ1) is 12.3. The smallest absolute Gasteiger partial charge is 0.308 e. The Hall–Kier alpha value is -2.17. The van der Waals surface area contributed by atoms with Crippen molar-refractivity contribution in [1.82, 2.24) is 5.43 Å². The number of hydrogen-bond acceptors (Lipinski definition) is 4. The number of amides is 1. The fourth-order valence-corrected chi connectivity index (χ4v) is 1.72. The van der Waals surface area contributed by atoms with E-state index in [0.29, 0.717) is 25.0 Å². The van der Waals surface area contributed by atoms with Crippen LogP contribution in [0.5, 0.6) is 5.75 Å². The van der Waals surface area contributed by atoms with E-state index >= 15 is 0 Å². The molecule has 0 aromatic heterocycles. The maximum absolute atomic E-state index is 10.9. The summed E-state index contributed by atoms with van der Waals surface area (Å²) in [5.74, 6) is 0.163. The molecule has 0 bridgehead atoms. The van der Waals surface area contributed by atoms with Gasteiger partial charge in [-0.15, -0.1) is 0 Å². The van der Waals surface area contributed by atoms with Crippen LogP contribution >= 0.6 is 0 Å². The molecule has 18 heavy (non-hydrogen) atoms. The molecule has 2 rings (SSSR count). The molecule has 0 saturated heterocycles. The molecule has 94 valence electrons. The number of rotatable bonds is 3. The minimum Gasteiger partial charge on any atom is -0.427 e. The Morgan fingerprint density at radius 3 is 2.61 bits per heavy atom. The van der Waals surface area contributed by atoms with Crippen LogP contribution in [0.15, 0.2) is 29.4 Å². The lowest BCUT2D eigenvalue weighted by atomic mass is 10.0. The van der Waals surface area contributed by atoms with Gasteiger partial charge in [0.2, 0.25) is 5.91 Å². The molecule has 5 nitrogen and oxygen atoms in total. The molecule has 0 saturated carbocycles. The van der Waals surface area contributed by atoms with Gasteiger partial charge in [-0.25, -0.2) is 5.43 Å². The van der Waals surface area contributed by atoms with E-state index in [2.05, 4.69) is 10.5 Å². The van der Waals surface area contributed by atoms with Gasteiger partial charge in [0, 0.05) is 25.5 Å². The summed E-state index contributed by atoms with van der Waals surface area (Å²) in [6.45, 7) is 1.37. The predicted octanol–water partition coefficient (Wildman–Crippen LogP) is 1.42. The second-order valence-corrected chi connectivity index (χ2v) is 4.13. The van der Waals surface area contributed by atoms with E-state index in [1.165, 1.54) is 6.92 Å². The minimum atomic E-state index is -0.331. The van der Waals surface area contributed by atoms with E-state index in [1.54, 1.807) is 12.1 Å². The highest BCUT2D eigenvalue weighted by atomic mass is 16.5. The van der Waals surface area contributed by atoms with Gasteiger partial charge in [0.15, 0.2) is 0 Å². The second kappa shape index (κ2) is 5.44. The summed E-state index contributed by atoms with van der Waals surface area (Å²) in [6, 6.07) is 7.27. The highest BCUT2D eigenvalue weighted by Gasteiger charge is 2.11. The van der Waals surface area contributed by atoms with E-state index in [1.807, 2.05) is 12.1 Å². The van der Waals surface area contributed by atoms with Gasteiger partial charge in [-0.3, -0.25) is 9.59 Å². The van der Waals surface area contributed by atoms with Crippen LogP contribution in [0.1, 0.15) is 25.3 Å². The van der Waals surface area contributed by atoms with Crippen LogP contribution in [0.3, 0.4) is 0 Å². The first-order valence-corrected chi connectivity index (χ1v) is 5.75. The van der Waals surface area contributed by atoms with Gasteiger partial charge in [0.25, 0.3) is 0 Å². The molecule has 5 heteroatoms. The zero-order valence-corrected chi connectivity index (χ0v) is 10.1. The van der Waals surface area contributed by atoms with Gasteiger partial charge in [-0.2, -0.15) is 5.10 Å². The number of hydrazone groups is 1. The van der Waals surface area contributed by atoms with Crippen molar-refractivity contribution >= 4 is 17.6 Å². The Morgan fingerprint density at radius 1 is 1.33 bits per heavy atom. The van der Waals surface area contributed by atoms with E-state index in [9.17, 15) is 9.59 Å². The van der Waals surface area contributed by atoms with Crippen LogP contribution in [0.4, 0.5) is 0 Å². The average Bonchev–Trinajstić information content (AvgIpc) is 2.34. The van der Waals surface area contributed by atoms with Gasteiger partial charge in [-0.1, -0.05) is 12.1 Å². The second-order valence-electron chi connectivity index (χ2n) is 4.13. The molecule has 1 aliphatic heterocycles. The number of nitrogens with one attached hydrogen (secondary N) is 1. The van der Waals surface area contributed by atoms with Crippen molar-refractivity contribution in [3.8, 4) is 5.75 Å². The van der Waals surface area contributed by atoms with E-state index < -0.39 is 0 Å². The van der Waals surface area contributed by atoms with E-state index in [-0.39, 0.29) is 11.9 Å². The molecule has 0 spiro atoms. The Balaban J connectivity index is 1.98. The van der Waals surface area contributed by atoms with E-state index in [0.717, 1.165) is 11.3 Å². The van der Waals surface area contributed by atoms with Crippen molar-refractivity contribution in [3.63, 3.8) is 0 Å². The van der Waals surface area contributed by atoms with Crippen LogP contribution < -0.4 is 10.2 Å². The number of carbonyl (C=O) groups excluding carboxylic acids is 2. The van der Waals surface area contributed by atoms with Crippen molar-refractivity contribution in [2.24, 2.45) is 5.10 Å². The molecule has 1 N–H and O–H groups in total. The molecule has 0 atom stereocenters. The fraction of sp³-hybridized carbons (Fsp3) is 0.308. The molecule has 0 radical (unpaired) electrons. The lowest BCUT2D eigenvalue weighted by Crippen LogP contribution is -2.26. The molecule has 0 unspecified atom stereocenters. The Morgan fingerprint density at radius 2 is 2.06 bits per heavy atom. The van der Waals surface area contributed by atoms with Crippen LogP contribution in [0, 0.1) is 0 Å². The monoisotopic (exact) mass is 246 g/mol.